The van der Waals surface area contributed by atoms with Crippen molar-refractivity contribution in [1.29, 1.82) is 0 Å². The van der Waals surface area contributed by atoms with Gasteiger partial charge in [0.1, 0.15) is 0 Å². The van der Waals surface area contributed by atoms with E-state index in [1.165, 1.54) is 0 Å². The summed E-state index contributed by atoms with van der Waals surface area (Å²) in [6.45, 7) is 6.27. The molecule has 2 aromatic rings. The van der Waals surface area contributed by atoms with Crippen molar-refractivity contribution in [3.8, 4) is 0 Å². The maximum absolute atomic E-state index is 12.8. The second kappa shape index (κ2) is 7.68. The van der Waals surface area contributed by atoms with E-state index in [0.29, 0.717) is 19.6 Å². The van der Waals surface area contributed by atoms with Crippen LogP contribution in [-0.4, -0.2) is 50.0 Å². The van der Waals surface area contributed by atoms with E-state index in [9.17, 15) is 9.59 Å². The third-order valence-corrected chi connectivity index (χ3v) is 4.93. The first-order chi connectivity index (χ1) is 12.5. The molecule has 0 bridgehead atoms. The molecule has 1 atom stereocenters. The minimum absolute atomic E-state index is 0.00511. The molecule has 0 N–H and O–H groups in total. The molecule has 0 aliphatic carbocycles. The van der Waals surface area contributed by atoms with Crippen LogP contribution in [0.3, 0.4) is 0 Å². The van der Waals surface area contributed by atoms with Crippen LogP contribution < -0.4 is 0 Å². The number of carbonyl (C=O) groups is 2. The zero-order valence-corrected chi connectivity index (χ0v) is 15.6. The van der Waals surface area contributed by atoms with Gasteiger partial charge in [-0.25, -0.2) is 0 Å². The van der Waals surface area contributed by atoms with Crippen molar-refractivity contribution in [2.24, 2.45) is 5.92 Å². The summed E-state index contributed by atoms with van der Waals surface area (Å²) in [5.41, 5.74) is 2.95. The van der Waals surface area contributed by atoms with Crippen LogP contribution in [0.1, 0.15) is 30.3 Å². The molecule has 1 saturated heterocycles. The lowest BCUT2D eigenvalue weighted by Crippen LogP contribution is -2.34. The van der Waals surface area contributed by atoms with Crippen LogP contribution >= 0.6 is 0 Å². The zero-order chi connectivity index (χ0) is 18.7. The Morgan fingerprint density at radius 2 is 2.19 bits per heavy atom. The van der Waals surface area contributed by atoms with E-state index < -0.39 is 0 Å². The van der Waals surface area contributed by atoms with E-state index in [4.69, 9.17) is 0 Å². The third kappa shape index (κ3) is 3.76. The maximum Gasteiger partial charge on any atom is 0.228 e. The molecule has 1 aliphatic rings. The molecular weight excluding hydrogens is 330 g/mol. The highest BCUT2D eigenvalue weighted by atomic mass is 16.2. The molecule has 0 radical (unpaired) electrons. The molecule has 2 amide bonds. The number of nitrogens with zero attached hydrogens (tertiary/aromatic N) is 5. The van der Waals surface area contributed by atoms with Crippen molar-refractivity contribution in [2.75, 3.05) is 13.6 Å². The van der Waals surface area contributed by atoms with Gasteiger partial charge in [0.2, 0.25) is 11.8 Å². The van der Waals surface area contributed by atoms with Crippen LogP contribution in [-0.2, 0) is 29.2 Å². The largest absolute Gasteiger partial charge is 0.341 e. The molecule has 7 nitrogen and oxygen atoms in total. The Bertz CT molecular complexity index is 786. The predicted octanol–water partition coefficient (Wildman–Crippen LogP) is 1.61. The molecule has 2 aromatic heterocycles. The first-order valence-corrected chi connectivity index (χ1v) is 8.93. The zero-order valence-electron chi connectivity index (χ0n) is 15.6. The Morgan fingerprint density at radius 1 is 1.38 bits per heavy atom. The van der Waals surface area contributed by atoms with Crippen molar-refractivity contribution >= 4 is 11.8 Å². The Hall–Kier alpha value is -2.70. The highest BCUT2D eigenvalue weighted by Crippen LogP contribution is 2.22. The minimum atomic E-state index is -0.294. The van der Waals surface area contributed by atoms with Crippen molar-refractivity contribution < 1.29 is 9.59 Å². The Labute approximate surface area is 153 Å². The molecule has 26 heavy (non-hydrogen) atoms. The van der Waals surface area contributed by atoms with Gasteiger partial charge in [0.15, 0.2) is 0 Å². The van der Waals surface area contributed by atoms with Crippen LogP contribution in [0.15, 0.2) is 30.6 Å². The van der Waals surface area contributed by atoms with Gasteiger partial charge in [-0.2, -0.15) is 5.10 Å². The van der Waals surface area contributed by atoms with Gasteiger partial charge in [-0.05, 0) is 26.0 Å². The van der Waals surface area contributed by atoms with Gasteiger partial charge in [0.25, 0.3) is 0 Å². The second-order valence-corrected chi connectivity index (χ2v) is 6.76. The number of carbonyl (C=O) groups excluding carboxylic acids is 2. The van der Waals surface area contributed by atoms with E-state index in [2.05, 4.69) is 10.1 Å². The summed E-state index contributed by atoms with van der Waals surface area (Å²) in [4.78, 5) is 32.8. The van der Waals surface area contributed by atoms with Crippen molar-refractivity contribution in [3.05, 3.63) is 47.5 Å². The van der Waals surface area contributed by atoms with Gasteiger partial charge < -0.3 is 9.80 Å². The maximum atomic E-state index is 12.8. The Balaban J connectivity index is 1.61. The molecule has 0 spiro atoms. The van der Waals surface area contributed by atoms with Gasteiger partial charge in [-0.1, -0.05) is 6.07 Å². The topological polar surface area (TPSA) is 71.3 Å². The number of rotatable bonds is 6. The SMILES string of the molecule is CCn1ncc(CN(C)C(=O)[C@@H]2CC(=O)N(Cc3ccccn3)C2)c1C. The summed E-state index contributed by atoms with van der Waals surface area (Å²) in [5.74, 6) is -0.277. The van der Waals surface area contributed by atoms with Gasteiger partial charge in [-0.3, -0.25) is 19.3 Å². The quantitative estimate of drug-likeness (QED) is 0.789. The monoisotopic (exact) mass is 355 g/mol. The smallest absolute Gasteiger partial charge is 0.228 e. The lowest BCUT2D eigenvalue weighted by Gasteiger charge is -2.21. The van der Waals surface area contributed by atoms with Crippen molar-refractivity contribution in [3.63, 3.8) is 0 Å². The minimum Gasteiger partial charge on any atom is -0.341 e. The number of likely N-dealkylation sites (tertiary alicyclic amines) is 1. The number of amides is 2. The first-order valence-electron chi connectivity index (χ1n) is 8.93. The third-order valence-electron chi connectivity index (χ3n) is 4.93. The van der Waals surface area contributed by atoms with E-state index in [0.717, 1.165) is 23.5 Å². The normalized spacial score (nSPS) is 17.0. The number of hydrogen-bond donors (Lipinski definition) is 0. The number of aryl methyl sites for hydroxylation is 1. The van der Waals surface area contributed by atoms with Crippen LogP contribution in [0, 0.1) is 12.8 Å². The molecule has 3 rings (SSSR count). The molecule has 0 aromatic carbocycles. The summed E-state index contributed by atoms with van der Waals surface area (Å²) < 4.78 is 1.92. The lowest BCUT2D eigenvalue weighted by molar-refractivity contribution is -0.135. The van der Waals surface area contributed by atoms with E-state index in [1.807, 2.05) is 42.9 Å². The molecule has 0 saturated carbocycles. The van der Waals surface area contributed by atoms with E-state index in [-0.39, 0.29) is 24.2 Å². The van der Waals surface area contributed by atoms with Gasteiger partial charge >= 0.3 is 0 Å². The molecule has 1 fully saturated rings. The second-order valence-electron chi connectivity index (χ2n) is 6.76. The van der Waals surface area contributed by atoms with Crippen molar-refractivity contribution in [2.45, 2.75) is 39.9 Å². The molecular formula is C19H25N5O2. The highest BCUT2D eigenvalue weighted by molar-refractivity contribution is 5.89. The van der Waals surface area contributed by atoms with Gasteiger partial charge in [-0.15, -0.1) is 0 Å². The fourth-order valence-electron chi connectivity index (χ4n) is 3.38. The fraction of sp³-hybridized carbons (Fsp3) is 0.474. The molecule has 7 heteroatoms. The summed E-state index contributed by atoms with van der Waals surface area (Å²) in [5, 5.41) is 4.32. The predicted molar refractivity (Wildman–Crippen MR) is 96.9 cm³/mol. The number of hydrogen-bond acceptors (Lipinski definition) is 4. The Kier molecular flexibility index (Phi) is 5.35. The summed E-state index contributed by atoms with van der Waals surface area (Å²) in [6, 6.07) is 5.64. The van der Waals surface area contributed by atoms with Gasteiger partial charge in [0.05, 0.1) is 24.4 Å². The van der Waals surface area contributed by atoms with Gasteiger partial charge in [0, 0.05) is 50.6 Å². The summed E-state index contributed by atoms with van der Waals surface area (Å²) in [7, 11) is 1.79. The lowest BCUT2D eigenvalue weighted by atomic mass is 10.1. The highest BCUT2D eigenvalue weighted by Gasteiger charge is 2.35. The van der Waals surface area contributed by atoms with E-state index >= 15 is 0 Å². The summed E-state index contributed by atoms with van der Waals surface area (Å²) >= 11 is 0. The fourth-order valence-corrected chi connectivity index (χ4v) is 3.38. The number of aromatic nitrogens is 3. The van der Waals surface area contributed by atoms with Crippen LogP contribution in [0.4, 0.5) is 0 Å². The molecule has 138 valence electrons. The molecule has 3 heterocycles. The summed E-state index contributed by atoms with van der Waals surface area (Å²) in [6.07, 6.45) is 3.80. The average Bonchev–Trinajstić information content (AvgIpc) is 3.18. The average molecular weight is 355 g/mol. The molecule has 0 unspecified atom stereocenters. The molecule has 1 aliphatic heterocycles. The number of pyridine rings is 1. The Morgan fingerprint density at radius 3 is 2.85 bits per heavy atom. The standard InChI is InChI=1S/C19H25N5O2/c1-4-24-14(2)16(10-21-24)11-22(3)19(26)15-9-18(25)23(12-15)13-17-7-5-6-8-20-17/h5-8,10,15H,4,9,11-13H2,1-3H3/t15-/m1/s1. The van der Waals surface area contributed by atoms with Crippen molar-refractivity contribution in [1.82, 2.24) is 24.6 Å². The van der Waals surface area contributed by atoms with Crippen LogP contribution in [0.2, 0.25) is 0 Å². The van der Waals surface area contributed by atoms with Crippen LogP contribution in [0.25, 0.3) is 0 Å². The first kappa shape index (κ1) is 18.1. The van der Waals surface area contributed by atoms with E-state index in [1.54, 1.807) is 23.0 Å². The van der Waals surface area contributed by atoms with Crippen LogP contribution in [0.5, 0.6) is 0 Å².